The molecule has 5 nitrogen and oxygen atoms in total. The predicted octanol–water partition coefficient (Wildman–Crippen LogP) is 10.3. The summed E-state index contributed by atoms with van der Waals surface area (Å²) in [6.45, 7) is 4.98. The van der Waals surface area contributed by atoms with E-state index >= 15 is 0 Å². The van der Waals surface area contributed by atoms with Crippen LogP contribution in [0.15, 0.2) is 95.2 Å². The molecule has 0 aliphatic carbocycles. The van der Waals surface area contributed by atoms with Crippen LogP contribution in [0.25, 0.3) is 10.8 Å². The molecule has 4 aromatic carbocycles. The molecule has 0 spiro atoms. The van der Waals surface area contributed by atoms with Gasteiger partial charge in [-0.2, -0.15) is 5.11 Å². The second-order valence-corrected chi connectivity index (χ2v) is 9.90. The lowest BCUT2D eigenvalue weighted by Crippen LogP contribution is -2.08. The fourth-order valence-electron chi connectivity index (χ4n) is 4.43. The molecule has 0 fully saturated rings. The van der Waals surface area contributed by atoms with Crippen molar-refractivity contribution in [2.24, 2.45) is 10.2 Å². The molecule has 0 N–H and O–H groups in total. The van der Waals surface area contributed by atoms with Crippen molar-refractivity contribution >= 4 is 28.1 Å². The lowest BCUT2D eigenvalue weighted by molar-refractivity contribution is 0.0737. The normalized spacial score (nSPS) is 11.2. The monoisotopic (exact) mass is 522 g/mol. The molecule has 4 aromatic rings. The Morgan fingerprint density at radius 2 is 1.36 bits per heavy atom. The number of azo groups is 1. The second-order valence-electron chi connectivity index (χ2n) is 9.90. The van der Waals surface area contributed by atoms with Gasteiger partial charge in [0.15, 0.2) is 0 Å². The first-order valence-electron chi connectivity index (χ1n) is 14.1. The molecule has 0 aliphatic rings. The topological polar surface area (TPSA) is 60.2 Å². The number of benzene rings is 4. The van der Waals surface area contributed by atoms with Crippen LogP contribution in [0.1, 0.15) is 74.2 Å². The first-order chi connectivity index (χ1) is 19.1. The number of unbranched alkanes of at least 4 members (excludes halogenated alkanes) is 7. The summed E-state index contributed by atoms with van der Waals surface area (Å²) in [5.41, 5.74) is 3.14. The van der Waals surface area contributed by atoms with E-state index in [1.54, 1.807) is 18.2 Å². The van der Waals surface area contributed by atoms with E-state index in [9.17, 15) is 4.79 Å². The number of nitrogens with zero attached hydrogens (tertiary/aromatic N) is 2. The number of aryl methyl sites for hydroxylation is 1. The highest BCUT2D eigenvalue weighted by Crippen LogP contribution is 2.34. The van der Waals surface area contributed by atoms with Gasteiger partial charge in [-0.25, -0.2) is 4.79 Å². The van der Waals surface area contributed by atoms with Crippen LogP contribution in [0.3, 0.4) is 0 Å². The number of carbonyl (C=O) groups is 1. The number of hydrogen-bond acceptors (Lipinski definition) is 5. The standard InChI is InChI=1S/C34H38N2O3/c1-3-4-5-6-7-8-9-12-25-38-29-21-17-27(18-22-29)34(37)39-33-24-23-32(30-13-10-11-14-31(30)33)36-35-28-19-15-26(2)16-20-28/h10-11,13-24H,3-9,12,25H2,1-2H3. The summed E-state index contributed by atoms with van der Waals surface area (Å²) < 4.78 is 11.7. The molecule has 4 rings (SSSR count). The summed E-state index contributed by atoms with van der Waals surface area (Å²) >= 11 is 0. The number of hydrogen-bond donors (Lipinski definition) is 0. The fourth-order valence-corrected chi connectivity index (χ4v) is 4.43. The molecule has 5 heteroatoms. The molecular formula is C34H38N2O3. The summed E-state index contributed by atoms with van der Waals surface area (Å²) in [5, 5.41) is 10.5. The number of ether oxygens (including phenoxy) is 2. The van der Waals surface area contributed by atoms with Crippen LogP contribution in [-0.2, 0) is 0 Å². The summed E-state index contributed by atoms with van der Waals surface area (Å²) in [6.07, 6.45) is 10.1. The van der Waals surface area contributed by atoms with Crippen LogP contribution in [0.5, 0.6) is 11.5 Å². The first-order valence-corrected chi connectivity index (χ1v) is 14.1. The Morgan fingerprint density at radius 1 is 0.692 bits per heavy atom. The maximum absolute atomic E-state index is 12.9. The van der Waals surface area contributed by atoms with Crippen molar-refractivity contribution in [3.05, 3.63) is 96.1 Å². The molecule has 0 unspecified atom stereocenters. The summed E-state index contributed by atoms with van der Waals surface area (Å²) in [7, 11) is 0. The molecule has 0 aliphatic heterocycles. The van der Waals surface area contributed by atoms with Crippen molar-refractivity contribution in [1.29, 1.82) is 0 Å². The van der Waals surface area contributed by atoms with Gasteiger partial charge >= 0.3 is 5.97 Å². The highest BCUT2D eigenvalue weighted by atomic mass is 16.5. The van der Waals surface area contributed by atoms with E-state index in [1.165, 1.54) is 50.5 Å². The molecular weight excluding hydrogens is 484 g/mol. The van der Waals surface area contributed by atoms with Crippen molar-refractivity contribution in [2.45, 2.75) is 65.2 Å². The van der Waals surface area contributed by atoms with Crippen molar-refractivity contribution in [3.63, 3.8) is 0 Å². The SMILES string of the molecule is CCCCCCCCCCOc1ccc(C(=O)Oc2ccc(N=Nc3ccc(C)cc3)c3ccccc23)cc1. The lowest BCUT2D eigenvalue weighted by atomic mass is 10.1. The molecule has 0 bridgehead atoms. The minimum atomic E-state index is -0.413. The van der Waals surface area contributed by atoms with Gasteiger partial charge in [0.1, 0.15) is 11.5 Å². The third-order valence-electron chi connectivity index (χ3n) is 6.73. The quantitative estimate of drug-likeness (QED) is 0.0716. The van der Waals surface area contributed by atoms with Crippen molar-refractivity contribution in [1.82, 2.24) is 0 Å². The fraction of sp³-hybridized carbons (Fsp3) is 0.324. The van der Waals surface area contributed by atoms with Gasteiger partial charge in [0.2, 0.25) is 0 Å². The molecule has 0 heterocycles. The van der Waals surface area contributed by atoms with Gasteiger partial charge in [-0.1, -0.05) is 93.8 Å². The third-order valence-corrected chi connectivity index (χ3v) is 6.73. The highest BCUT2D eigenvalue weighted by molar-refractivity contribution is 5.99. The molecule has 0 atom stereocenters. The average molecular weight is 523 g/mol. The Bertz CT molecular complexity index is 1360. The van der Waals surface area contributed by atoms with Crippen LogP contribution < -0.4 is 9.47 Å². The van der Waals surface area contributed by atoms with E-state index in [4.69, 9.17) is 9.47 Å². The maximum atomic E-state index is 12.9. The Morgan fingerprint density at radius 3 is 2.08 bits per heavy atom. The minimum Gasteiger partial charge on any atom is -0.494 e. The van der Waals surface area contributed by atoms with Gasteiger partial charge < -0.3 is 9.47 Å². The average Bonchev–Trinajstić information content (AvgIpc) is 2.97. The smallest absolute Gasteiger partial charge is 0.343 e. The zero-order valence-corrected chi connectivity index (χ0v) is 23.1. The van der Waals surface area contributed by atoms with Crippen molar-refractivity contribution in [3.8, 4) is 11.5 Å². The predicted molar refractivity (Wildman–Crippen MR) is 159 cm³/mol. The van der Waals surface area contributed by atoms with Crippen LogP contribution in [0.4, 0.5) is 11.4 Å². The second kappa shape index (κ2) is 14.8. The van der Waals surface area contributed by atoms with Crippen molar-refractivity contribution in [2.75, 3.05) is 6.61 Å². The Balaban J connectivity index is 1.32. The highest BCUT2D eigenvalue weighted by Gasteiger charge is 2.13. The summed E-state index contributed by atoms with van der Waals surface area (Å²) in [6, 6.07) is 26.3. The number of esters is 1. The van der Waals surface area contributed by atoms with Crippen LogP contribution >= 0.6 is 0 Å². The van der Waals surface area contributed by atoms with Gasteiger partial charge in [0.05, 0.1) is 23.5 Å². The third kappa shape index (κ3) is 8.51. The summed E-state index contributed by atoms with van der Waals surface area (Å²) in [5.74, 6) is 0.840. The Kier molecular flexibility index (Phi) is 10.6. The zero-order chi connectivity index (χ0) is 27.3. The largest absolute Gasteiger partial charge is 0.494 e. The molecule has 0 amide bonds. The van der Waals surface area contributed by atoms with Gasteiger partial charge in [0.25, 0.3) is 0 Å². The molecule has 0 aromatic heterocycles. The van der Waals surface area contributed by atoms with Gasteiger partial charge in [-0.05, 0) is 61.9 Å². The lowest BCUT2D eigenvalue weighted by Gasteiger charge is -2.10. The number of fused-ring (bicyclic) bond motifs is 1. The molecule has 202 valence electrons. The van der Waals surface area contributed by atoms with E-state index < -0.39 is 5.97 Å². The van der Waals surface area contributed by atoms with E-state index in [1.807, 2.05) is 73.7 Å². The number of carbonyl (C=O) groups excluding carboxylic acids is 1. The molecule has 39 heavy (non-hydrogen) atoms. The zero-order valence-electron chi connectivity index (χ0n) is 23.1. The Labute approximate surface area is 231 Å². The van der Waals surface area contributed by atoms with E-state index in [0.717, 1.165) is 28.6 Å². The van der Waals surface area contributed by atoms with Gasteiger partial charge in [0, 0.05) is 10.8 Å². The van der Waals surface area contributed by atoms with Gasteiger partial charge in [-0.15, -0.1) is 5.11 Å². The summed E-state index contributed by atoms with van der Waals surface area (Å²) in [4.78, 5) is 12.9. The minimum absolute atomic E-state index is 0.413. The maximum Gasteiger partial charge on any atom is 0.343 e. The van der Waals surface area contributed by atoms with Crippen molar-refractivity contribution < 1.29 is 14.3 Å². The Hall–Kier alpha value is -3.99. The van der Waals surface area contributed by atoms with Crippen LogP contribution in [0.2, 0.25) is 0 Å². The van der Waals surface area contributed by atoms with E-state index in [-0.39, 0.29) is 0 Å². The van der Waals surface area contributed by atoms with E-state index in [2.05, 4.69) is 17.2 Å². The van der Waals surface area contributed by atoms with Crippen LogP contribution in [0, 0.1) is 6.92 Å². The number of rotatable bonds is 14. The van der Waals surface area contributed by atoms with E-state index in [0.29, 0.717) is 23.6 Å². The molecule has 0 saturated heterocycles. The first kappa shape index (κ1) is 28.0. The molecule has 0 radical (unpaired) electrons. The van der Waals surface area contributed by atoms with Gasteiger partial charge in [-0.3, -0.25) is 0 Å². The van der Waals surface area contributed by atoms with Crippen LogP contribution in [-0.4, -0.2) is 12.6 Å². The molecule has 0 saturated carbocycles.